The Morgan fingerprint density at radius 3 is 2.38 bits per heavy atom. The van der Waals surface area contributed by atoms with Crippen LogP contribution in [0, 0.1) is 0 Å². The third-order valence-corrected chi connectivity index (χ3v) is 2.37. The van der Waals surface area contributed by atoms with Crippen LogP contribution in [0.1, 0.15) is 5.56 Å². The molecule has 0 radical (unpaired) electrons. The third-order valence-electron chi connectivity index (χ3n) is 2.37. The van der Waals surface area contributed by atoms with Crippen molar-refractivity contribution in [3.8, 4) is 5.75 Å². The second-order valence-corrected chi connectivity index (χ2v) is 3.61. The molecule has 0 saturated carbocycles. The fourth-order valence-corrected chi connectivity index (χ4v) is 1.46. The Bertz CT molecular complexity index is 466. The first kappa shape index (κ1) is 10.4. The zero-order chi connectivity index (χ0) is 11.4. The van der Waals surface area contributed by atoms with E-state index in [4.69, 9.17) is 5.73 Å². The van der Waals surface area contributed by atoms with Crippen LogP contribution in [0.25, 0.3) is 0 Å². The molecule has 2 rings (SSSR count). The number of benzene rings is 2. The minimum atomic E-state index is 0.262. The number of hydrogen-bond acceptors (Lipinski definition) is 3. The SMILES string of the molecule is Nc1ccc(CNc2ccccc2O)cc1. The molecule has 2 aromatic rings. The highest BCUT2D eigenvalue weighted by Crippen LogP contribution is 2.22. The molecule has 0 heterocycles. The molecule has 82 valence electrons. The second-order valence-electron chi connectivity index (χ2n) is 3.61. The molecule has 2 aromatic carbocycles. The van der Waals surface area contributed by atoms with Crippen LogP contribution >= 0.6 is 0 Å². The Morgan fingerprint density at radius 1 is 1.00 bits per heavy atom. The van der Waals surface area contributed by atoms with Crippen LogP contribution in [0.5, 0.6) is 5.75 Å². The number of para-hydroxylation sites is 2. The van der Waals surface area contributed by atoms with Crippen molar-refractivity contribution >= 4 is 11.4 Å². The summed E-state index contributed by atoms with van der Waals surface area (Å²) < 4.78 is 0. The number of anilines is 2. The fraction of sp³-hybridized carbons (Fsp3) is 0.0769. The maximum Gasteiger partial charge on any atom is 0.138 e. The molecule has 0 spiro atoms. The highest BCUT2D eigenvalue weighted by atomic mass is 16.3. The average molecular weight is 214 g/mol. The van der Waals surface area contributed by atoms with Gasteiger partial charge in [-0.2, -0.15) is 0 Å². The number of phenols is 1. The lowest BCUT2D eigenvalue weighted by Gasteiger charge is -2.08. The van der Waals surface area contributed by atoms with Gasteiger partial charge in [-0.1, -0.05) is 24.3 Å². The molecule has 0 saturated heterocycles. The Morgan fingerprint density at radius 2 is 1.69 bits per heavy atom. The van der Waals surface area contributed by atoms with Gasteiger partial charge in [-0.25, -0.2) is 0 Å². The number of hydrogen-bond donors (Lipinski definition) is 3. The first-order valence-corrected chi connectivity index (χ1v) is 5.12. The lowest BCUT2D eigenvalue weighted by atomic mass is 10.2. The van der Waals surface area contributed by atoms with Gasteiger partial charge in [-0.05, 0) is 29.8 Å². The molecule has 3 nitrogen and oxygen atoms in total. The van der Waals surface area contributed by atoms with Crippen LogP contribution < -0.4 is 11.1 Å². The van der Waals surface area contributed by atoms with Crippen LogP contribution in [0.15, 0.2) is 48.5 Å². The Hall–Kier alpha value is -2.16. The summed E-state index contributed by atoms with van der Waals surface area (Å²) in [5.74, 6) is 0.262. The summed E-state index contributed by atoms with van der Waals surface area (Å²) in [5, 5.41) is 12.7. The molecule has 3 heteroatoms. The summed E-state index contributed by atoms with van der Waals surface area (Å²) in [6.45, 7) is 0.665. The second kappa shape index (κ2) is 4.57. The van der Waals surface area contributed by atoms with Gasteiger partial charge in [-0.3, -0.25) is 0 Å². The minimum Gasteiger partial charge on any atom is -0.506 e. The number of rotatable bonds is 3. The van der Waals surface area contributed by atoms with E-state index in [1.165, 1.54) is 0 Å². The fourth-order valence-electron chi connectivity index (χ4n) is 1.46. The Balaban J connectivity index is 2.02. The number of phenolic OH excluding ortho intramolecular Hbond substituents is 1. The Kier molecular flexibility index (Phi) is 2.96. The van der Waals surface area contributed by atoms with E-state index in [0.29, 0.717) is 6.54 Å². The molecule has 0 aliphatic rings. The van der Waals surface area contributed by atoms with Crippen LogP contribution in [0.3, 0.4) is 0 Å². The number of aromatic hydroxyl groups is 1. The van der Waals surface area contributed by atoms with E-state index in [-0.39, 0.29) is 5.75 Å². The molecule has 0 atom stereocenters. The van der Waals surface area contributed by atoms with Crippen molar-refractivity contribution in [2.24, 2.45) is 0 Å². The van der Waals surface area contributed by atoms with Gasteiger partial charge in [0.15, 0.2) is 0 Å². The zero-order valence-corrected chi connectivity index (χ0v) is 8.85. The highest BCUT2D eigenvalue weighted by molar-refractivity contribution is 5.55. The van der Waals surface area contributed by atoms with Crippen LogP contribution in [0.2, 0.25) is 0 Å². The molecule has 0 aliphatic carbocycles. The third kappa shape index (κ3) is 2.45. The van der Waals surface area contributed by atoms with Crippen LogP contribution in [-0.4, -0.2) is 5.11 Å². The number of nitrogen functional groups attached to an aromatic ring is 1. The zero-order valence-electron chi connectivity index (χ0n) is 8.85. The normalized spacial score (nSPS) is 10.0. The summed E-state index contributed by atoms with van der Waals surface area (Å²) in [7, 11) is 0. The van der Waals surface area contributed by atoms with E-state index in [1.54, 1.807) is 12.1 Å². The molecule has 0 aromatic heterocycles. The lowest BCUT2D eigenvalue weighted by Crippen LogP contribution is -1.99. The molecule has 4 N–H and O–H groups in total. The monoisotopic (exact) mass is 214 g/mol. The highest BCUT2D eigenvalue weighted by Gasteiger charge is 1.98. The van der Waals surface area contributed by atoms with Gasteiger partial charge >= 0.3 is 0 Å². The van der Waals surface area contributed by atoms with Crippen molar-refractivity contribution in [3.63, 3.8) is 0 Å². The molecule has 0 fully saturated rings. The molecule has 0 bridgehead atoms. The largest absolute Gasteiger partial charge is 0.506 e. The van der Waals surface area contributed by atoms with Gasteiger partial charge in [-0.15, -0.1) is 0 Å². The summed E-state index contributed by atoms with van der Waals surface area (Å²) in [6, 6.07) is 14.8. The Labute approximate surface area is 94.5 Å². The van der Waals surface area contributed by atoms with Crippen molar-refractivity contribution in [1.29, 1.82) is 0 Å². The summed E-state index contributed by atoms with van der Waals surface area (Å²) >= 11 is 0. The smallest absolute Gasteiger partial charge is 0.138 e. The molecule has 0 amide bonds. The van der Waals surface area contributed by atoms with Crippen molar-refractivity contribution in [1.82, 2.24) is 0 Å². The van der Waals surface area contributed by atoms with Crippen molar-refractivity contribution in [2.75, 3.05) is 11.1 Å². The predicted molar refractivity (Wildman–Crippen MR) is 66.3 cm³/mol. The van der Waals surface area contributed by atoms with E-state index in [0.717, 1.165) is 16.9 Å². The summed E-state index contributed by atoms with van der Waals surface area (Å²) in [6.07, 6.45) is 0. The molecule has 0 unspecified atom stereocenters. The van der Waals surface area contributed by atoms with E-state index in [2.05, 4.69) is 5.32 Å². The van der Waals surface area contributed by atoms with E-state index >= 15 is 0 Å². The van der Waals surface area contributed by atoms with E-state index in [1.807, 2.05) is 36.4 Å². The maximum absolute atomic E-state index is 9.55. The van der Waals surface area contributed by atoms with Crippen molar-refractivity contribution in [2.45, 2.75) is 6.54 Å². The van der Waals surface area contributed by atoms with Gasteiger partial charge in [0.1, 0.15) is 5.75 Å². The van der Waals surface area contributed by atoms with Crippen molar-refractivity contribution < 1.29 is 5.11 Å². The standard InChI is InChI=1S/C13H14N2O/c14-11-7-5-10(6-8-11)9-15-12-3-1-2-4-13(12)16/h1-8,15-16H,9,14H2. The predicted octanol–water partition coefficient (Wildman–Crippen LogP) is 2.59. The summed E-state index contributed by atoms with van der Waals surface area (Å²) in [5.41, 5.74) is 8.21. The lowest BCUT2D eigenvalue weighted by molar-refractivity contribution is 0.477. The first-order valence-electron chi connectivity index (χ1n) is 5.12. The maximum atomic E-state index is 9.55. The van der Waals surface area contributed by atoms with Crippen LogP contribution in [0.4, 0.5) is 11.4 Å². The topological polar surface area (TPSA) is 58.3 Å². The average Bonchev–Trinajstić information content (AvgIpc) is 2.30. The number of nitrogens with two attached hydrogens (primary N) is 1. The van der Waals surface area contributed by atoms with E-state index in [9.17, 15) is 5.11 Å². The van der Waals surface area contributed by atoms with E-state index < -0.39 is 0 Å². The molecular weight excluding hydrogens is 200 g/mol. The minimum absolute atomic E-state index is 0.262. The molecule has 16 heavy (non-hydrogen) atoms. The van der Waals surface area contributed by atoms with Crippen molar-refractivity contribution in [3.05, 3.63) is 54.1 Å². The number of nitrogens with one attached hydrogen (secondary N) is 1. The van der Waals surface area contributed by atoms with Gasteiger partial charge in [0.05, 0.1) is 5.69 Å². The first-order chi connectivity index (χ1) is 7.75. The van der Waals surface area contributed by atoms with Gasteiger partial charge < -0.3 is 16.2 Å². The quantitative estimate of drug-likeness (QED) is 0.543. The molecule has 0 aliphatic heterocycles. The van der Waals surface area contributed by atoms with Gasteiger partial charge in [0.2, 0.25) is 0 Å². The van der Waals surface area contributed by atoms with Gasteiger partial charge in [0.25, 0.3) is 0 Å². The summed E-state index contributed by atoms with van der Waals surface area (Å²) in [4.78, 5) is 0. The van der Waals surface area contributed by atoms with Crippen LogP contribution in [-0.2, 0) is 6.54 Å². The van der Waals surface area contributed by atoms with Gasteiger partial charge in [0, 0.05) is 12.2 Å². The molecular formula is C13H14N2O.